The van der Waals surface area contributed by atoms with Crippen molar-refractivity contribution >= 4 is 20.0 Å². The zero-order valence-electron chi connectivity index (χ0n) is 20.6. The topological polar surface area (TPSA) is 122 Å². The highest BCUT2D eigenvalue weighted by molar-refractivity contribution is 7.91. The van der Waals surface area contributed by atoms with Gasteiger partial charge in [0.25, 0.3) is 10.1 Å². The average Bonchev–Trinajstić information content (AvgIpc) is 2.92. The van der Waals surface area contributed by atoms with Gasteiger partial charge in [0.2, 0.25) is 0 Å². The number of rotatable bonds is 11. The van der Waals surface area contributed by atoms with Crippen molar-refractivity contribution < 1.29 is 26.1 Å². The Hall–Kier alpha value is -1.98. The normalized spacial score (nSPS) is 21.8. The van der Waals surface area contributed by atoms with Crippen molar-refractivity contribution in [2.75, 3.05) is 25.2 Å². The maximum absolute atomic E-state index is 13.8. The predicted octanol–water partition coefficient (Wildman–Crippen LogP) is 3.48. The second-order valence-corrected chi connectivity index (χ2v) is 12.7. The summed E-state index contributed by atoms with van der Waals surface area (Å²) in [6.07, 6.45) is 3.31. The lowest BCUT2D eigenvalue weighted by molar-refractivity contribution is 0.294. The van der Waals surface area contributed by atoms with Crippen LogP contribution >= 0.6 is 0 Å². The SMILES string of the molecule is CCCC[C@]1(CC)CS(=O)(=O)c2cc(CNCCS(=O)(=O)O)c(OC)cc2[C@@H](c2ccccc2)N1. The van der Waals surface area contributed by atoms with E-state index in [1.54, 1.807) is 12.1 Å². The van der Waals surface area contributed by atoms with E-state index in [0.29, 0.717) is 23.3 Å². The molecule has 194 valence electrons. The summed E-state index contributed by atoms with van der Waals surface area (Å²) in [6, 6.07) is 12.9. The fourth-order valence-corrected chi connectivity index (χ4v) is 7.26. The predicted molar refractivity (Wildman–Crippen MR) is 137 cm³/mol. The van der Waals surface area contributed by atoms with Crippen molar-refractivity contribution in [3.63, 3.8) is 0 Å². The number of ether oxygens (including phenoxy) is 1. The van der Waals surface area contributed by atoms with E-state index in [-0.39, 0.29) is 29.8 Å². The van der Waals surface area contributed by atoms with Crippen LogP contribution in [-0.2, 0) is 26.5 Å². The standard InChI is InChI=1S/C25H36N2O6S2/c1-4-6-12-25(5-2)18-34(28,29)23-15-20(17-26-13-14-35(30,31)32)22(33-3)16-21(23)24(27-25)19-10-8-7-9-11-19/h7-11,15-16,24,26-27H,4-6,12-14,17-18H2,1-3H3,(H,30,31,32)/t24-,25-/m1/s1. The Kier molecular flexibility index (Phi) is 8.98. The first kappa shape index (κ1) is 27.6. The molecule has 2 atom stereocenters. The third-order valence-electron chi connectivity index (χ3n) is 6.65. The molecule has 0 aromatic heterocycles. The molecular formula is C25H36N2O6S2. The first-order valence-corrected chi connectivity index (χ1v) is 15.2. The molecule has 3 N–H and O–H groups in total. The molecule has 0 bridgehead atoms. The van der Waals surface area contributed by atoms with Crippen molar-refractivity contribution in [2.24, 2.45) is 0 Å². The summed E-state index contributed by atoms with van der Waals surface area (Å²) >= 11 is 0. The van der Waals surface area contributed by atoms with Crippen LogP contribution in [0.5, 0.6) is 5.75 Å². The summed E-state index contributed by atoms with van der Waals surface area (Å²) in [5.41, 5.74) is 1.65. The Labute approximate surface area is 209 Å². The lowest BCUT2D eigenvalue weighted by atomic mass is 9.88. The van der Waals surface area contributed by atoms with Gasteiger partial charge in [-0.2, -0.15) is 8.42 Å². The molecule has 1 aliphatic heterocycles. The summed E-state index contributed by atoms with van der Waals surface area (Å²) < 4.78 is 64.2. The summed E-state index contributed by atoms with van der Waals surface area (Å²) in [4.78, 5) is 0.262. The van der Waals surface area contributed by atoms with E-state index in [0.717, 1.165) is 24.8 Å². The summed E-state index contributed by atoms with van der Waals surface area (Å²) in [5, 5.41) is 6.69. The molecule has 35 heavy (non-hydrogen) atoms. The number of benzene rings is 2. The first-order chi connectivity index (χ1) is 16.5. The van der Waals surface area contributed by atoms with Gasteiger partial charge in [0.05, 0.1) is 29.6 Å². The number of nitrogens with one attached hydrogen (secondary N) is 2. The molecule has 3 rings (SSSR count). The van der Waals surface area contributed by atoms with Crippen molar-refractivity contribution in [3.05, 3.63) is 59.2 Å². The van der Waals surface area contributed by atoms with Gasteiger partial charge in [-0.15, -0.1) is 0 Å². The Morgan fingerprint density at radius 2 is 1.91 bits per heavy atom. The quantitative estimate of drug-likeness (QED) is 0.302. The van der Waals surface area contributed by atoms with Gasteiger partial charge in [-0.05, 0) is 36.1 Å². The largest absolute Gasteiger partial charge is 0.496 e. The van der Waals surface area contributed by atoms with Crippen molar-refractivity contribution in [1.82, 2.24) is 10.6 Å². The maximum Gasteiger partial charge on any atom is 0.266 e. The van der Waals surface area contributed by atoms with E-state index >= 15 is 0 Å². The first-order valence-electron chi connectivity index (χ1n) is 12.0. The molecule has 0 aliphatic carbocycles. The number of hydrogen-bond acceptors (Lipinski definition) is 7. The number of methoxy groups -OCH3 is 1. The molecule has 0 radical (unpaired) electrons. The number of sulfone groups is 1. The second kappa shape index (κ2) is 11.4. The summed E-state index contributed by atoms with van der Waals surface area (Å²) in [7, 11) is -6.22. The fraction of sp³-hybridized carbons (Fsp3) is 0.520. The third kappa shape index (κ3) is 6.83. The van der Waals surface area contributed by atoms with Crippen molar-refractivity contribution in [1.29, 1.82) is 0 Å². The minimum Gasteiger partial charge on any atom is -0.496 e. The molecule has 1 heterocycles. The van der Waals surface area contributed by atoms with E-state index in [1.165, 1.54) is 7.11 Å². The Morgan fingerprint density at radius 3 is 2.51 bits per heavy atom. The van der Waals surface area contributed by atoms with Crippen LogP contribution in [-0.4, -0.2) is 52.1 Å². The van der Waals surface area contributed by atoms with Gasteiger partial charge in [-0.25, -0.2) is 8.42 Å². The van der Waals surface area contributed by atoms with Gasteiger partial charge < -0.3 is 10.1 Å². The van der Waals surface area contributed by atoms with E-state index in [1.807, 2.05) is 37.3 Å². The minimum atomic E-state index is -4.09. The smallest absolute Gasteiger partial charge is 0.266 e. The lowest BCUT2D eigenvalue weighted by Gasteiger charge is -2.36. The van der Waals surface area contributed by atoms with Crippen molar-refractivity contribution in [3.8, 4) is 5.75 Å². The van der Waals surface area contributed by atoms with Crippen molar-refractivity contribution in [2.45, 2.75) is 62.6 Å². The Balaban J connectivity index is 2.11. The van der Waals surface area contributed by atoms with Crippen LogP contribution in [0.25, 0.3) is 0 Å². The lowest BCUT2D eigenvalue weighted by Crippen LogP contribution is -2.50. The second-order valence-electron chi connectivity index (χ2n) is 9.15. The van der Waals surface area contributed by atoms with E-state index in [4.69, 9.17) is 9.29 Å². The van der Waals surface area contributed by atoms with Gasteiger partial charge >= 0.3 is 0 Å². The molecule has 1 aliphatic rings. The number of unbranched alkanes of at least 4 members (excludes halogenated alkanes) is 1. The zero-order chi connectivity index (χ0) is 25.7. The molecule has 0 unspecified atom stereocenters. The van der Waals surface area contributed by atoms with E-state index in [2.05, 4.69) is 17.6 Å². The van der Waals surface area contributed by atoms with Crippen LogP contribution in [0.3, 0.4) is 0 Å². The highest BCUT2D eigenvalue weighted by atomic mass is 32.2. The molecule has 2 aromatic rings. The van der Waals surface area contributed by atoms with E-state index in [9.17, 15) is 16.8 Å². The van der Waals surface area contributed by atoms with Crippen LogP contribution < -0.4 is 15.4 Å². The monoisotopic (exact) mass is 524 g/mol. The van der Waals surface area contributed by atoms with Crippen LogP contribution in [0.4, 0.5) is 0 Å². The van der Waals surface area contributed by atoms with Crippen LogP contribution in [0.2, 0.25) is 0 Å². The summed E-state index contributed by atoms with van der Waals surface area (Å²) in [5.74, 6) is 0.0719. The van der Waals surface area contributed by atoms with Crippen LogP contribution in [0.15, 0.2) is 47.4 Å². The van der Waals surface area contributed by atoms with Gasteiger partial charge in [0, 0.05) is 24.2 Å². The van der Waals surface area contributed by atoms with Crippen LogP contribution in [0.1, 0.15) is 62.3 Å². The Bertz CT molecular complexity index is 1220. The molecule has 0 saturated heterocycles. The molecule has 8 nitrogen and oxygen atoms in total. The maximum atomic E-state index is 13.8. The fourth-order valence-electron chi connectivity index (χ4n) is 4.68. The number of fused-ring (bicyclic) bond motifs is 1. The van der Waals surface area contributed by atoms with Gasteiger partial charge in [0.1, 0.15) is 5.75 Å². The van der Waals surface area contributed by atoms with Gasteiger partial charge in [-0.1, -0.05) is 57.0 Å². The molecule has 0 saturated carbocycles. The van der Waals surface area contributed by atoms with Gasteiger partial charge in [-0.3, -0.25) is 9.87 Å². The highest BCUT2D eigenvalue weighted by Gasteiger charge is 2.42. The third-order valence-corrected chi connectivity index (χ3v) is 9.32. The Morgan fingerprint density at radius 1 is 1.20 bits per heavy atom. The van der Waals surface area contributed by atoms with Crippen LogP contribution in [0, 0.1) is 0 Å². The zero-order valence-corrected chi connectivity index (χ0v) is 22.2. The van der Waals surface area contributed by atoms with Gasteiger partial charge in [0.15, 0.2) is 9.84 Å². The number of hydrogen-bond donors (Lipinski definition) is 3. The molecule has 2 aromatic carbocycles. The summed E-state index contributed by atoms with van der Waals surface area (Å²) in [6.45, 7) is 4.35. The molecule has 0 spiro atoms. The molecule has 0 fully saturated rings. The average molecular weight is 525 g/mol. The molecular weight excluding hydrogens is 488 g/mol. The minimum absolute atomic E-state index is 0.00517. The highest BCUT2D eigenvalue weighted by Crippen LogP contribution is 2.40. The molecule has 10 heteroatoms. The molecule has 0 amide bonds. The van der Waals surface area contributed by atoms with E-state index < -0.39 is 31.2 Å².